The first-order valence-corrected chi connectivity index (χ1v) is 8.56. The van der Waals surface area contributed by atoms with E-state index in [1.165, 1.54) is 0 Å². The summed E-state index contributed by atoms with van der Waals surface area (Å²) in [7, 11) is 0. The summed E-state index contributed by atoms with van der Waals surface area (Å²) in [6.45, 7) is 1.72. The Morgan fingerprint density at radius 2 is 2.04 bits per heavy atom. The predicted molar refractivity (Wildman–Crippen MR) is 98.1 cm³/mol. The molecule has 1 unspecified atom stereocenters. The van der Waals surface area contributed by atoms with Crippen molar-refractivity contribution in [2.45, 2.75) is 19.6 Å². The van der Waals surface area contributed by atoms with E-state index < -0.39 is 6.10 Å². The minimum Gasteiger partial charge on any atom is -0.481 e. The average molecular weight is 392 g/mol. The number of carbonyl (C=O) groups is 1. The molecule has 0 aliphatic heterocycles. The normalized spacial score (nSPS) is 11.8. The molecule has 0 bridgehead atoms. The quantitative estimate of drug-likeness (QED) is 0.683. The van der Waals surface area contributed by atoms with Crippen molar-refractivity contribution in [1.82, 2.24) is 15.5 Å². The zero-order valence-corrected chi connectivity index (χ0v) is 15.3. The van der Waals surface area contributed by atoms with Gasteiger partial charge in [-0.3, -0.25) is 4.79 Å². The Morgan fingerprint density at radius 1 is 1.23 bits per heavy atom. The molecule has 1 amide bonds. The highest BCUT2D eigenvalue weighted by molar-refractivity contribution is 6.33. The van der Waals surface area contributed by atoms with Crippen LogP contribution in [0.15, 0.2) is 53.1 Å². The Bertz CT molecular complexity index is 914. The van der Waals surface area contributed by atoms with Gasteiger partial charge in [0.05, 0.1) is 11.6 Å². The third kappa shape index (κ3) is 4.53. The first-order valence-electron chi connectivity index (χ1n) is 7.80. The lowest BCUT2D eigenvalue weighted by atomic mass is 10.2. The lowest BCUT2D eigenvalue weighted by Gasteiger charge is -2.14. The maximum absolute atomic E-state index is 12.2. The van der Waals surface area contributed by atoms with Crippen molar-refractivity contribution in [1.29, 1.82) is 0 Å². The molecule has 1 N–H and O–H groups in total. The van der Waals surface area contributed by atoms with Crippen LogP contribution in [0.3, 0.4) is 0 Å². The standard InChI is InChI=1S/C18H15Cl2N3O3/c1-11(25-13-6-4-5-12(19)9-13)18(24)21-10-16-22-17(23-26-16)14-7-2-3-8-15(14)20/h2-9,11H,10H2,1H3,(H,21,24). The second-order valence-corrected chi connectivity index (χ2v) is 6.27. The zero-order valence-electron chi connectivity index (χ0n) is 13.8. The van der Waals surface area contributed by atoms with E-state index >= 15 is 0 Å². The molecule has 0 aliphatic rings. The number of nitrogens with zero attached hydrogens (tertiary/aromatic N) is 2. The van der Waals surface area contributed by atoms with E-state index in [0.29, 0.717) is 27.2 Å². The SMILES string of the molecule is CC(Oc1cccc(Cl)c1)C(=O)NCc1nc(-c2ccccc2Cl)no1. The fourth-order valence-corrected chi connectivity index (χ4v) is 2.58. The summed E-state index contributed by atoms with van der Waals surface area (Å²) in [5.41, 5.74) is 0.660. The van der Waals surface area contributed by atoms with Crippen LogP contribution in [-0.2, 0) is 11.3 Å². The smallest absolute Gasteiger partial charge is 0.261 e. The third-order valence-corrected chi connectivity index (χ3v) is 4.04. The topological polar surface area (TPSA) is 77.2 Å². The van der Waals surface area contributed by atoms with Crippen molar-refractivity contribution in [2.24, 2.45) is 0 Å². The molecule has 0 saturated carbocycles. The number of nitrogens with one attached hydrogen (secondary N) is 1. The molecule has 0 spiro atoms. The van der Waals surface area contributed by atoms with E-state index in [-0.39, 0.29) is 18.3 Å². The van der Waals surface area contributed by atoms with Crippen molar-refractivity contribution < 1.29 is 14.1 Å². The first kappa shape index (κ1) is 18.2. The molecule has 0 aliphatic carbocycles. The number of aromatic nitrogens is 2. The van der Waals surface area contributed by atoms with Gasteiger partial charge in [0.2, 0.25) is 11.7 Å². The van der Waals surface area contributed by atoms with Gasteiger partial charge < -0.3 is 14.6 Å². The van der Waals surface area contributed by atoms with E-state index in [4.69, 9.17) is 32.5 Å². The molecule has 1 aromatic heterocycles. The summed E-state index contributed by atoms with van der Waals surface area (Å²) in [5.74, 6) is 0.827. The van der Waals surface area contributed by atoms with Gasteiger partial charge in [-0.15, -0.1) is 0 Å². The van der Waals surface area contributed by atoms with Crippen LogP contribution in [0.5, 0.6) is 5.75 Å². The molecule has 1 atom stereocenters. The maximum Gasteiger partial charge on any atom is 0.261 e. The number of hydrogen-bond acceptors (Lipinski definition) is 5. The Kier molecular flexibility index (Phi) is 5.75. The molecule has 26 heavy (non-hydrogen) atoms. The van der Waals surface area contributed by atoms with Gasteiger partial charge in [0.15, 0.2) is 6.10 Å². The highest BCUT2D eigenvalue weighted by Crippen LogP contribution is 2.24. The van der Waals surface area contributed by atoms with Crippen molar-refractivity contribution in [2.75, 3.05) is 0 Å². The van der Waals surface area contributed by atoms with Gasteiger partial charge in [-0.1, -0.05) is 46.6 Å². The van der Waals surface area contributed by atoms with Gasteiger partial charge in [-0.25, -0.2) is 0 Å². The minimum atomic E-state index is -0.709. The number of rotatable bonds is 6. The van der Waals surface area contributed by atoms with Crippen LogP contribution in [0.2, 0.25) is 10.0 Å². The highest BCUT2D eigenvalue weighted by atomic mass is 35.5. The van der Waals surface area contributed by atoms with E-state index in [2.05, 4.69) is 15.5 Å². The number of carbonyl (C=O) groups excluding carboxylic acids is 1. The summed E-state index contributed by atoms with van der Waals surface area (Å²) >= 11 is 12.0. The van der Waals surface area contributed by atoms with Gasteiger partial charge in [0.25, 0.3) is 5.91 Å². The fourth-order valence-electron chi connectivity index (χ4n) is 2.18. The fraction of sp³-hybridized carbons (Fsp3) is 0.167. The Morgan fingerprint density at radius 3 is 2.81 bits per heavy atom. The second kappa shape index (κ2) is 8.21. The summed E-state index contributed by atoms with van der Waals surface area (Å²) in [5, 5.41) is 7.62. The summed E-state index contributed by atoms with van der Waals surface area (Å²) < 4.78 is 10.7. The van der Waals surface area contributed by atoms with Crippen LogP contribution in [-0.4, -0.2) is 22.2 Å². The molecular weight excluding hydrogens is 377 g/mol. The maximum atomic E-state index is 12.2. The molecule has 0 saturated heterocycles. The average Bonchev–Trinajstić information content (AvgIpc) is 3.09. The molecule has 2 aromatic carbocycles. The van der Waals surface area contributed by atoms with Crippen LogP contribution in [0.4, 0.5) is 0 Å². The lowest BCUT2D eigenvalue weighted by molar-refractivity contribution is -0.127. The molecule has 134 valence electrons. The van der Waals surface area contributed by atoms with E-state index in [9.17, 15) is 4.79 Å². The molecule has 8 heteroatoms. The highest BCUT2D eigenvalue weighted by Gasteiger charge is 2.17. The Labute approximate surface area is 160 Å². The van der Waals surface area contributed by atoms with Gasteiger partial charge in [-0.05, 0) is 37.3 Å². The predicted octanol–water partition coefficient (Wildman–Crippen LogP) is 4.13. The molecule has 1 heterocycles. The van der Waals surface area contributed by atoms with Crippen molar-refractivity contribution in [3.8, 4) is 17.1 Å². The van der Waals surface area contributed by atoms with Crippen LogP contribution in [0.1, 0.15) is 12.8 Å². The van der Waals surface area contributed by atoms with Crippen LogP contribution in [0, 0.1) is 0 Å². The second-order valence-electron chi connectivity index (χ2n) is 5.43. The van der Waals surface area contributed by atoms with Crippen molar-refractivity contribution in [3.63, 3.8) is 0 Å². The monoisotopic (exact) mass is 391 g/mol. The van der Waals surface area contributed by atoms with Crippen LogP contribution in [0.25, 0.3) is 11.4 Å². The molecule has 3 rings (SSSR count). The molecule has 0 radical (unpaired) electrons. The summed E-state index contributed by atoms with van der Waals surface area (Å²) in [4.78, 5) is 16.4. The van der Waals surface area contributed by atoms with E-state index in [1.54, 1.807) is 43.3 Å². The van der Waals surface area contributed by atoms with Gasteiger partial charge >= 0.3 is 0 Å². The van der Waals surface area contributed by atoms with Crippen LogP contribution < -0.4 is 10.1 Å². The molecule has 0 fully saturated rings. The number of ether oxygens (including phenoxy) is 1. The minimum absolute atomic E-state index is 0.0829. The number of hydrogen-bond donors (Lipinski definition) is 1. The molecule has 3 aromatic rings. The summed E-state index contributed by atoms with van der Waals surface area (Å²) in [6.07, 6.45) is -0.709. The zero-order chi connectivity index (χ0) is 18.5. The van der Waals surface area contributed by atoms with E-state index in [0.717, 1.165) is 0 Å². The van der Waals surface area contributed by atoms with Crippen LogP contribution >= 0.6 is 23.2 Å². The first-order chi connectivity index (χ1) is 12.5. The Balaban J connectivity index is 1.57. The lowest BCUT2D eigenvalue weighted by Crippen LogP contribution is -2.35. The van der Waals surface area contributed by atoms with Gasteiger partial charge in [-0.2, -0.15) is 4.98 Å². The Hall–Kier alpha value is -2.57. The molecular formula is C18H15Cl2N3O3. The van der Waals surface area contributed by atoms with Gasteiger partial charge in [0.1, 0.15) is 5.75 Å². The number of amides is 1. The summed E-state index contributed by atoms with van der Waals surface area (Å²) in [6, 6.07) is 14.0. The van der Waals surface area contributed by atoms with Crippen molar-refractivity contribution >= 4 is 29.1 Å². The molecule has 6 nitrogen and oxygen atoms in total. The van der Waals surface area contributed by atoms with Gasteiger partial charge in [0, 0.05) is 10.6 Å². The van der Waals surface area contributed by atoms with Crippen molar-refractivity contribution in [3.05, 3.63) is 64.5 Å². The third-order valence-electron chi connectivity index (χ3n) is 3.47. The van der Waals surface area contributed by atoms with E-state index in [1.807, 2.05) is 12.1 Å². The number of benzene rings is 2. The number of halogens is 2. The largest absolute Gasteiger partial charge is 0.481 e.